The van der Waals surface area contributed by atoms with E-state index in [2.05, 4.69) is 20.6 Å². The molecule has 118 valence electrons. The number of rotatable bonds is 6. The maximum Gasteiger partial charge on any atom is 0.220 e. The monoisotopic (exact) mass is 332 g/mol. The van der Waals surface area contributed by atoms with Crippen molar-refractivity contribution in [1.29, 1.82) is 0 Å². The van der Waals surface area contributed by atoms with Crippen LogP contribution in [0.1, 0.15) is 19.2 Å². The van der Waals surface area contributed by atoms with E-state index in [9.17, 15) is 4.79 Å². The van der Waals surface area contributed by atoms with E-state index in [1.807, 2.05) is 38.2 Å². The van der Waals surface area contributed by atoms with Crippen LogP contribution >= 0.6 is 24.8 Å². The topological polar surface area (TPSA) is 69.8 Å². The Labute approximate surface area is 137 Å². The number of hydrogen-bond acceptors (Lipinski definition) is 3. The lowest BCUT2D eigenvalue weighted by molar-refractivity contribution is -0.121. The highest BCUT2D eigenvalue weighted by molar-refractivity contribution is 5.85. The molecule has 0 saturated carbocycles. The average Bonchev–Trinajstić information content (AvgIpc) is 2.85. The fourth-order valence-electron chi connectivity index (χ4n) is 1.81. The number of aromatic amines is 1. The second-order valence-corrected chi connectivity index (χ2v) is 4.69. The van der Waals surface area contributed by atoms with Crippen LogP contribution in [0, 0.1) is 0 Å². The summed E-state index contributed by atoms with van der Waals surface area (Å²) in [7, 11) is 1.88. The second-order valence-electron chi connectivity index (χ2n) is 4.69. The summed E-state index contributed by atoms with van der Waals surface area (Å²) in [4.78, 5) is 19.3. The lowest BCUT2D eigenvalue weighted by Gasteiger charge is -2.10. The van der Waals surface area contributed by atoms with Crippen molar-refractivity contribution in [1.82, 2.24) is 20.6 Å². The molecule has 0 saturated heterocycles. The summed E-state index contributed by atoms with van der Waals surface area (Å²) in [5.74, 6) is 0.917. The molecule has 1 amide bonds. The average molecular weight is 333 g/mol. The molecule has 0 radical (unpaired) electrons. The Bertz CT molecular complexity index is 526. The van der Waals surface area contributed by atoms with Crippen LogP contribution in [0.5, 0.6) is 0 Å². The Hall–Kier alpha value is -1.30. The van der Waals surface area contributed by atoms with Crippen molar-refractivity contribution in [3.63, 3.8) is 0 Å². The van der Waals surface area contributed by atoms with Crippen molar-refractivity contribution < 1.29 is 4.79 Å². The van der Waals surface area contributed by atoms with Crippen molar-refractivity contribution in [2.45, 2.75) is 25.8 Å². The van der Waals surface area contributed by atoms with Gasteiger partial charge in [0.15, 0.2) is 0 Å². The van der Waals surface area contributed by atoms with Gasteiger partial charge in [-0.3, -0.25) is 4.79 Å². The zero-order valence-corrected chi connectivity index (χ0v) is 13.8. The Morgan fingerprint density at radius 2 is 2.05 bits per heavy atom. The third kappa shape index (κ3) is 5.91. The highest BCUT2D eigenvalue weighted by Crippen LogP contribution is 2.11. The number of benzene rings is 1. The molecular formula is C14H22Cl2N4O. The van der Waals surface area contributed by atoms with E-state index < -0.39 is 0 Å². The van der Waals surface area contributed by atoms with Crippen molar-refractivity contribution >= 4 is 41.8 Å². The van der Waals surface area contributed by atoms with Crippen LogP contribution in [0.2, 0.25) is 0 Å². The molecule has 1 aromatic heterocycles. The summed E-state index contributed by atoms with van der Waals surface area (Å²) >= 11 is 0. The summed E-state index contributed by atoms with van der Waals surface area (Å²) in [6.07, 6.45) is 1.09. The largest absolute Gasteiger partial charge is 0.355 e. The molecule has 1 atom stereocenters. The van der Waals surface area contributed by atoms with Gasteiger partial charge in [-0.05, 0) is 26.1 Å². The van der Waals surface area contributed by atoms with Crippen LogP contribution in [0.25, 0.3) is 11.0 Å². The molecule has 0 spiro atoms. The Morgan fingerprint density at radius 3 is 2.71 bits per heavy atom. The quantitative estimate of drug-likeness (QED) is 0.758. The smallest absolute Gasteiger partial charge is 0.220 e. The first kappa shape index (κ1) is 19.7. The number of para-hydroxylation sites is 2. The number of likely N-dealkylation sites (N-methyl/N-ethyl adjacent to an activating group) is 1. The molecule has 2 rings (SSSR count). The zero-order valence-electron chi connectivity index (χ0n) is 12.2. The molecule has 7 heteroatoms. The van der Waals surface area contributed by atoms with Gasteiger partial charge in [-0.1, -0.05) is 12.1 Å². The molecule has 0 fully saturated rings. The molecule has 3 N–H and O–H groups in total. The molecule has 0 aliphatic rings. The lowest BCUT2D eigenvalue weighted by atomic mass is 10.2. The van der Waals surface area contributed by atoms with Gasteiger partial charge in [0, 0.05) is 25.4 Å². The van der Waals surface area contributed by atoms with Crippen LogP contribution in [-0.4, -0.2) is 35.5 Å². The van der Waals surface area contributed by atoms with E-state index in [0.717, 1.165) is 16.9 Å². The fourth-order valence-corrected chi connectivity index (χ4v) is 1.81. The van der Waals surface area contributed by atoms with Crippen LogP contribution in [0.4, 0.5) is 0 Å². The van der Waals surface area contributed by atoms with Gasteiger partial charge >= 0.3 is 0 Å². The van der Waals surface area contributed by atoms with Gasteiger partial charge in [0.1, 0.15) is 5.82 Å². The molecule has 21 heavy (non-hydrogen) atoms. The number of H-pyrrole nitrogens is 1. The number of imidazole rings is 1. The summed E-state index contributed by atoms with van der Waals surface area (Å²) in [5, 5.41) is 5.97. The number of amides is 1. The highest BCUT2D eigenvalue weighted by Gasteiger charge is 2.07. The molecule has 5 nitrogen and oxygen atoms in total. The van der Waals surface area contributed by atoms with Gasteiger partial charge in [-0.15, -0.1) is 24.8 Å². The minimum Gasteiger partial charge on any atom is -0.355 e. The van der Waals surface area contributed by atoms with E-state index in [-0.39, 0.29) is 36.8 Å². The molecule has 2 aromatic rings. The molecule has 1 heterocycles. The molecular weight excluding hydrogens is 311 g/mol. The second kappa shape index (κ2) is 9.60. The first-order valence-electron chi connectivity index (χ1n) is 6.56. The summed E-state index contributed by atoms with van der Waals surface area (Å²) < 4.78 is 0. The van der Waals surface area contributed by atoms with Crippen LogP contribution < -0.4 is 10.6 Å². The number of carbonyl (C=O) groups excluding carboxylic acids is 1. The Morgan fingerprint density at radius 1 is 1.33 bits per heavy atom. The standard InChI is InChI=1S/C14H20N4O.2ClH/c1-10(15-2)9-16-14(19)8-7-13-17-11-5-3-4-6-12(11)18-13;;/h3-6,10,15H,7-9H2,1-2H3,(H,16,19)(H,17,18);2*1H. The first-order chi connectivity index (χ1) is 9.19. The predicted octanol–water partition coefficient (Wildman–Crippen LogP) is 2.06. The van der Waals surface area contributed by atoms with E-state index in [1.54, 1.807) is 0 Å². The third-order valence-electron chi connectivity index (χ3n) is 3.13. The van der Waals surface area contributed by atoms with Crippen LogP contribution in [0.15, 0.2) is 24.3 Å². The number of aromatic nitrogens is 2. The summed E-state index contributed by atoms with van der Waals surface area (Å²) in [5.41, 5.74) is 1.96. The highest BCUT2D eigenvalue weighted by atomic mass is 35.5. The lowest BCUT2D eigenvalue weighted by Crippen LogP contribution is -2.37. The number of aryl methyl sites for hydroxylation is 1. The van der Waals surface area contributed by atoms with E-state index >= 15 is 0 Å². The molecule has 0 aliphatic heterocycles. The Balaban J connectivity index is 0.00000200. The SMILES string of the molecule is CNC(C)CNC(=O)CCc1nc2ccccc2[nH]1.Cl.Cl. The fraction of sp³-hybridized carbons (Fsp3) is 0.429. The molecule has 0 aliphatic carbocycles. The number of carbonyl (C=O) groups is 1. The number of halogens is 2. The summed E-state index contributed by atoms with van der Waals surface area (Å²) in [6.45, 7) is 2.68. The van der Waals surface area contributed by atoms with Gasteiger partial charge in [0.2, 0.25) is 5.91 Å². The predicted molar refractivity (Wildman–Crippen MR) is 90.4 cm³/mol. The van der Waals surface area contributed by atoms with Gasteiger partial charge in [-0.25, -0.2) is 4.98 Å². The number of nitrogens with zero attached hydrogens (tertiary/aromatic N) is 1. The number of hydrogen-bond donors (Lipinski definition) is 3. The minimum atomic E-state index is 0. The van der Waals surface area contributed by atoms with Crippen LogP contribution in [-0.2, 0) is 11.2 Å². The maximum absolute atomic E-state index is 11.7. The minimum absolute atomic E-state index is 0. The van der Waals surface area contributed by atoms with Gasteiger partial charge in [0.25, 0.3) is 0 Å². The zero-order chi connectivity index (χ0) is 13.7. The Kier molecular flexibility index (Phi) is 9.01. The van der Waals surface area contributed by atoms with Crippen molar-refractivity contribution in [2.75, 3.05) is 13.6 Å². The normalized spacial score (nSPS) is 11.3. The van der Waals surface area contributed by atoms with E-state index in [1.165, 1.54) is 0 Å². The number of fused-ring (bicyclic) bond motifs is 1. The molecule has 1 unspecified atom stereocenters. The van der Waals surface area contributed by atoms with Gasteiger partial charge in [0.05, 0.1) is 11.0 Å². The van der Waals surface area contributed by atoms with E-state index in [4.69, 9.17) is 0 Å². The van der Waals surface area contributed by atoms with Gasteiger partial charge < -0.3 is 15.6 Å². The first-order valence-corrected chi connectivity index (χ1v) is 6.56. The number of nitrogens with one attached hydrogen (secondary N) is 3. The van der Waals surface area contributed by atoms with Crippen molar-refractivity contribution in [3.8, 4) is 0 Å². The van der Waals surface area contributed by atoms with Crippen LogP contribution in [0.3, 0.4) is 0 Å². The van der Waals surface area contributed by atoms with Gasteiger partial charge in [-0.2, -0.15) is 0 Å². The van der Waals surface area contributed by atoms with E-state index in [0.29, 0.717) is 19.4 Å². The molecule has 1 aromatic carbocycles. The maximum atomic E-state index is 11.7. The summed E-state index contributed by atoms with van der Waals surface area (Å²) in [6, 6.07) is 8.16. The third-order valence-corrected chi connectivity index (χ3v) is 3.13. The van der Waals surface area contributed by atoms with Crippen molar-refractivity contribution in [3.05, 3.63) is 30.1 Å². The van der Waals surface area contributed by atoms with Crippen molar-refractivity contribution in [2.24, 2.45) is 0 Å². The molecule has 0 bridgehead atoms.